The van der Waals surface area contributed by atoms with Gasteiger partial charge in [-0.15, -0.1) is 0 Å². The number of piperidine rings is 2. The second kappa shape index (κ2) is 8.73. The van der Waals surface area contributed by atoms with Gasteiger partial charge in [-0.2, -0.15) is 0 Å². The molecule has 0 saturated carbocycles. The summed E-state index contributed by atoms with van der Waals surface area (Å²) in [6.45, 7) is 17.8. The molecule has 6 saturated heterocycles. The van der Waals surface area contributed by atoms with E-state index in [1.807, 2.05) is 9.80 Å². The van der Waals surface area contributed by atoms with Crippen molar-refractivity contribution in [1.29, 1.82) is 0 Å². The van der Waals surface area contributed by atoms with E-state index < -0.39 is 12.3 Å². The van der Waals surface area contributed by atoms with Crippen LogP contribution in [0.5, 0.6) is 0 Å². The molecule has 4 atom stereocenters. The van der Waals surface area contributed by atoms with E-state index in [0.29, 0.717) is 24.2 Å². The zero-order valence-corrected chi connectivity index (χ0v) is 20.3. The van der Waals surface area contributed by atoms with Crippen molar-refractivity contribution < 1.29 is 17.6 Å². The van der Waals surface area contributed by atoms with Crippen LogP contribution in [-0.2, 0) is 0 Å². The highest BCUT2D eigenvalue weighted by Crippen LogP contribution is 2.37. The maximum Gasteiger partial charge on any atom is 0.257 e. The first-order chi connectivity index (χ1) is 14.0. The molecule has 0 aliphatic carbocycles. The summed E-state index contributed by atoms with van der Waals surface area (Å²) in [6.07, 6.45) is 0.0265. The molecule has 0 N–H and O–H groups in total. The van der Waals surface area contributed by atoms with Crippen molar-refractivity contribution in [2.24, 2.45) is 0 Å². The summed E-state index contributed by atoms with van der Waals surface area (Å²) in [7, 11) is 0. The fraction of sp³-hybridized carbons (Fsp3) is 1.00. The molecule has 0 aromatic rings. The van der Waals surface area contributed by atoms with Gasteiger partial charge in [0.15, 0.2) is 0 Å². The fourth-order valence-corrected chi connectivity index (χ4v) is 5.51. The Hall–Kier alpha value is -0.440. The third kappa shape index (κ3) is 6.12. The minimum Gasteiger partial charge on any atom is -0.295 e. The van der Waals surface area contributed by atoms with Crippen molar-refractivity contribution in [3.63, 3.8) is 0 Å². The molecule has 0 amide bonds. The lowest BCUT2D eigenvalue weighted by molar-refractivity contribution is -0.135. The molecular weight excluding hydrogens is 408 g/mol. The van der Waals surface area contributed by atoms with Crippen molar-refractivity contribution >= 4 is 0 Å². The number of piperazine rings is 2. The van der Waals surface area contributed by atoms with Crippen LogP contribution in [0.1, 0.15) is 61.3 Å². The zero-order chi connectivity index (χ0) is 23.4. The molecule has 0 spiro atoms. The minimum absolute atomic E-state index is 0.0344. The molecule has 0 radical (unpaired) electrons. The highest BCUT2D eigenvalue weighted by Gasteiger charge is 2.49. The third-order valence-electron chi connectivity index (χ3n) is 7.40. The second-order valence-corrected chi connectivity index (χ2v) is 12.1. The van der Waals surface area contributed by atoms with Crippen LogP contribution in [0.3, 0.4) is 0 Å². The van der Waals surface area contributed by atoms with Gasteiger partial charge < -0.3 is 0 Å². The van der Waals surface area contributed by atoms with Gasteiger partial charge in [-0.25, -0.2) is 17.6 Å². The van der Waals surface area contributed by atoms with Crippen LogP contribution in [0.25, 0.3) is 0 Å². The Balaban J connectivity index is 0.000000176. The van der Waals surface area contributed by atoms with Gasteiger partial charge in [-0.05, 0) is 54.4 Å². The number of rotatable bonds is 4. The average Bonchev–Trinajstić information content (AvgIpc) is 2.63. The highest BCUT2D eigenvalue weighted by molar-refractivity contribution is 5.04. The number of hydrogen-bond acceptors (Lipinski definition) is 4. The van der Waals surface area contributed by atoms with Crippen LogP contribution in [0.4, 0.5) is 17.6 Å². The quantitative estimate of drug-likeness (QED) is 0.600. The molecule has 4 nitrogen and oxygen atoms in total. The van der Waals surface area contributed by atoms with Gasteiger partial charge in [0, 0.05) is 68.3 Å². The number of alkyl halides is 4. The first-order valence-corrected chi connectivity index (χ1v) is 11.7. The number of nitrogens with zero attached hydrogens (tertiary/aromatic N) is 4. The van der Waals surface area contributed by atoms with Crippen molar-refractivity contribution in [2.45, 2.75) is 109 Å². The van der Waals surface area contributed by atoms with E-state index in [9.17, 15) is 17.6 Å². The standard InChI is InChI=1S/C12H22F2N2.C11H20F2N2/c1-11(2,3)15-6-9-5-10(7-15)16(9)8-12(4,13)14;1-11(2,3)14-5-8-4-9(6-14)15(8)7-10(12)13/h9-10H,5-8H2,1-4H3;8-10H,4-7H2,1-3H3. The molecule has 6 heterocycles. The normalized spacial score (nSPS) is 32.9. The Morgan fingerprint density at radius 1 is 0.677 bits per heavy atom. The predicted molar refractivity (Wildman–Crippen MR) is 117 cm³/mol. The summed E-state index contributed by atoms with van der Waals surface area (Å²) in [4.78, 5) is 8.79. The average molecular weight is 451 g/mol. The van der Waals surface area contributed by atoms with Gasteiger partial charge in [-0.3, -0.25) is 19.6 Å². The molecule has 6 aliphatic rings. The van der Waals surface area contributed by atoms with Crippen LogP contribution in [-0.4, -0.2) is 106 Å². The van der Waals surface area contributed by atoms with E-state index in [1.165, 1.54) is 0 Å². The molecule has 0 aromatic heterocycles. The number of fused-ring (bicyclic) bond motifs is 4. The first kappa shape index (κ1) is 25.2. The molecule has 4 bridgehead atoms. The SMILES string of the molecule is CC(C)(C)N1CC2CC(C1)N2CC(F)F.CC(F)(F)CN1C2CC1CN(C(C)(C)C)C2. The lowest BCUT2D eigenvalue weighted by Crippen LogP contribution is -2.72. The number of hydrogen-bond donors (Lipinski definition) is 0. The summed E-state index contributed by atoms with van der Waals surface area (Å²) in [6, 6.07) is 1.45. The van der Waals surface area contributed by atoms with Gasteiger partial charge in [-0.1, -0.05) is 0 Å². The van der Waals surface area contributed by atoms with E-state index in [2.05, 4.69) is 51.3 Å². The van der Waals surface area contributed by atoms with Gasteiger partial charge in [0.05, 0.1) is 13.1 Å². The van der Waals surface area contributed by atoms with E-state index >= 15 is 0 Å². The van der Waals surface area contributed by atoms with Crippen LogP contribution < -0.4 is 0 Å². The smallest absolute Gasteiger partial charge is 0.257 e. The predicted octanol–water partition coefficient (Wildman–Crippen LogP) is 4.01. The Bertz CT molecular complexity index is 586. The van der Waals surface area contributed by atoms with Gasteiger partial charge in [0.2, 0.25) is 0 Å². The van der Waals surface area contributed by atoms with E-state index in [1.54, 1.807) is 0 Å². The number of halogens is 4. The Morgan fingerprint density at radius 2 is 1.03 bits per heavy atom. The molecule has 182 valence electrons. The monoisotopic (exact) mass is 450 g/mol. The third-order valence-corrected chi connectivity index (χ3v) is 7.40. The summed E-state index contributed by atoms with van der Waals surface area (Å²) in [5.41, 5.74) is 0.339. The topological polar surface area (TPSA) is 13.0 Å². The molecule has 8 heteroatoms. The molecule has 4 unspecified atom stereocenters. The van der Waals surface area contributed by atoms with Crippen LogP contribution in [0.15, 0.2) is 0 Å². The van der Waals surface area contributed by atoms with E-state index in [4.69, 9.17) is 0 Å². The zero-order valence-electron chi connectivity index (χ0n) is 20.3. The van der Waals surface area contributed by atoms with Gasteiger partial charge in [0.1, 0.15) is 0 Å². The summed E-state index contributed by atoms with van der Waals surface area (Å²) >= 11 is 0. The maximum atomic E-state index is 13.0. The van der Waals surface area contributed by atoms with E-state index in [-0.39, 0.29) is 24.2 Å². The Morgan fingerprint density at radius 3 is 1.32 bits per heavy atom. The highest BCUT2D eigenvalue weighted by atomic mass is 19.3. The van der Waals surface area contributed by atoms with Crippen molar-refractivity contribution in [1.82, 2.24) is 19.6 Å². The van der Waals surface area contributed by atoms with Crippen molar-refractivity contribution in [3.8, 4) is 0 Å². The fourth-order valence-electron chi connectivity index (χ4n) is 5.51. The lowest BCUT2D eigenvalue weighted by atomic mass is 9.84. The van der Waals surface area contributed by atoms with Crippen LogP contribution >= 0.6 is 0 Å². The molecule has 31 heavy (non-hydrogen) atoms. The summed E-state index contributed by atoms with van der Waals surface area (Å²) < 4.78 is 50.5. The largest absolute Gasteiger partial charge is 0.295 e. The molecule has 6 fully saturated rings. The van der Waals surface area contributed by atoms with Gasteiger partial charge in [0.25, 0.3) is 12.3 Å². The lowest BCUT2D eigenvalue weighted by Gasteiger charge is -2.59. The Labute approximate surface area is 185 Å². The molecule has 0 aromatic carbocycles. The van der Waals surface area contributed by atoms with Crippen LogP contribution in [0, 0.1) is 0 Å². The minimum atomic E-state index is -2.55. The summed E-state index contributed by atoms with van der Waals surface area (Å²) in [5, 5.41) is 0. The maximum absolute atomic E-state index is 13.0. The molecule has 6 rings (SSSR count). The second-order valence-electron chi connectivity index (χ2n) is 12.1. The van der Waals surface area contributed by atoms with Crippen molar-refractivity contribution in [2.75, 3.05) is 39.3 Å². The van der Waals surface area contributed by atoms with Crippen molar-refractivity contribution in [3.05, 3.63) is 0 Å². The molecular formula is C23H42F4N4. The first-order valence-electron chi connectivity index (χ1n) is 11.7. The van der Waals surface area contributed by atoms with E-state index in [0.717, 1.165) is 45.9 Å². The Kier molecular flexibility index (Phi) is 7.09. The van der Waals surface area contributed by atoms with Gasteiger partial charge >= 0.3 is 0 Å². The molecule has 6 aliphatic heterocycles. The van der Waals surface area contributed by atoms with Crippen LogP contribution in [0.2, 0.25) is 0 Å². The summed E-state index contributed by atoms with van der Waals surface area (Å²) in [5.74, 6) is -2.55.